The van der Waals surface area contributed by atoms with Crippen LogP contribution in [0.4, 0.5) is 0 Å². The van der Waals surface area contributed by atoms with Gasteiger partial charge in [-0.15, -0.1) is 0 Å². The predicted octanol–water partition coefficient (Wildman–Crippen LogP) is 4.31. The molecule has 0 saturated carbocycles. The van der Waals surface area contributed by atoms with E-state index in [4.69, 9.17) is 16.4 Å². The summed E-state index contributed by atoms with van der Waals surface area (Å²) in [5.74, 6) is 0.560. The first kappa shape index (κ1) is 21.3. The minimum Gasteiger partial charge on any atom is -0.394 e. The van der Waals surface area contributed by atoms with Gasteiger partial charge in [0.2, 0.25) is 0 Å². The Balaban J connectivity index is 1.74. The van der Waals surface area contributed by atoms with Crippen LogP contribution in [0.2, 0.25) is 5.02 Å². The molecule has 0 aliphatic rings. The van der Waals surface area contributed by atoms with Crippen molar-refractivity contribution in [3.63, 3.8) is 0 Å². The summed E-state index contributed by atoms with van der Waals surface area (Å²) in [7, 11) is 0.314. The smallest absolute Gasteiger partial charge is 0.271 e. The molecule has 0 heterocycles. The Morgan fingerprint density at radius 3 is 2.00 bits per heavy atom. The van der Waals surface area contributed by atoms with Crippen molar-refractivity contribution in [1.82, 2.24) is 9.79 Å². The summed E-state index contributed by atoms with van der Waals surface area (Å²) in [6, 6.07) is 23.3. The Morgan fingerprint density at radius 2 is 1.45 bits per heavy atom. The van der Waals surface area contributed by atoms with Crippen LogP contribution in [0.3, 0.4) is 0 Å². The highest BCUT2D eigenvalue weighted by atomic mass is 35.5. The van der Waals surface area contributed by atoms with E-state index in [1.54, 1.807) is 30.3 Å². The fourth-order valence-corrected chi connectivity index (χ4v) is 3.93. The molecule has 29 heavy (non-hydrogen) atoms. The third kappa shape index (κ3) is 5.81. The second-order valence-electron chi connectivity index (χ2n) is 6.94. The molecular weight excluding hydrogens is 408 g/mol. The molecule has 152 valence electrons. The molecule has 3 rings (SSSR count). The summed E-state index contributed by atoms with van der Waals surface area (Å²) in [4.78, 5) is 9.72. The van der Waals surface area contributed by atoms with Crippen molar-refractivity contribution in [2.75, 3.05) is 20.6 Å². The van der Waals surface area contributed by atoms with Gasteiger partial charge in [-0.25, -0.2) is 8.42 Å². The number of sulfonamides is 1. The molecule has 3 aromatic carbocycles. The van der Waals surface area contributed by atoms with E-state index in [1.807, 2.05) is 50.5 Å². The minimum atomic E-state index is -3.74. The maximum absolute atomic E-state index is 12.3. The van der Waals surface area contributed by atoms with Gasteiger partial charge in [-0.1, -0.05) is 54.1 Å². The molecule has 0 radical (unpaired) electrons. The van der Waals surface area contributed by atoms with Gasteiger partial charge in [-0.3, -0.25) is 0 Å². The van der Waals surface area contributed by atoms with Crippen LogP contribution in [0, 0.1) is 0 Å². The fraction of sp³-hybridized carbons (Fsp3) is 0.182. The lowest BCUT2D eigenvalue weighted by molar-refractivity contribution is 0.269. The van der Waals surface area contributed by atoms with E-state index < -0.39 is 10.0 Å². The van der Waals surface area contributed by atoms with E-state index in [9.17, 15) is 8.42 Å². The third-order valence-corrected chi connectivity index (χ3v) is 5.87. The van der Waals surface area contributed by atoms with Crippen molar-refractivity contribution in [2.45, 2.75) is 10.8 Å². The number of likely N-dealkylation sites (N-methyl/N-ethyl adjacent to an activating group) is 1. The fourth-order valence-electron chi connectivity index (χ4n) is 2.98. The molecule has 3 aromatic rings. The first-order valence-corrected chi connectivity index (χ1v) is 10.9. The maximum atomic E-state index is 12.3. The number of nitrogens with one attached hydrogen (secondary N) is 1. The van der Waals surface area contributed by atoms with Gasteiger partial charge >= 0.3 is 0 Å². The van der Waals surface area contributed by atoms with Crippen molar-refractivity contribution in [3.8, 4) is 5.75 Å². The molecule has 0 aliphatic heterocycles. The van der Waals surface area contributed by atoms with Crippen molar-refractivity contribution in [1.29, 1.82) is 0 Å². The van der Waals surface area contributed by atoms with Crippen molar-refractivity contribution >= 4 is 21.6 Å². The Labute approximate surface area is 176 Å². The van der Waals surface area contributed by atoms with Gasteiger partial charge in [0, 0.05) is 17.5 Å². The summed E-state index contributed by atoms with van der Waals surface area (Å²) in [6.07, 6.45) is 0. The van der Waals surface area contributed by atoms with E-state index in [1.165, 1.54) is 12.1 Å². The predicted molar refractivity (Wildman–Crippen MR) is 116 cm³/mol. The van der Waals surface area contributed by atoms with Gasteiger partial charge in [0.05, 0.1) is 4.90 Å². The van der Waals surface area contributed by atoms with Crippen molar-refractivity contribution < 1.29 is 13.3 Å². The molecule has 7 heteroatoms. The van der Waals surface area contributed by atoms with Crippen LogP contribution in [0.25, 0.3) is 0 Å². The SMILES string of the molecule is CN(C)CC(c1ccc(Cl)cc1)c1ccc(ONS(=O)(=O)c2ccccc2)cc1. The van der Waals surface area contributed by atoms with Crippen molar-refractivity contribution in [3.05, 3.63) is 95.0 Å². The van der Waals surface area contributed by atoms with E-state index >= 15 is 0 Å². The average molecular weight is 431 g/mol. The largest absolute Gasteiger partial charge is 0.394 e. The molecule has 0 bridgehead atoms. The quantitative estimate of drug-likeness (QED) is 0.541. The summed E-state index contributed by atoms with van der Waals surface area (Å²) in [6.45, 7) is 0.822. The number of rotatable bonds is 8. The summed E-state index contributed by atoms with van der Waals surface area (Å²) in [5, 5.41) is 0.701. The van der Waals surface area contributed by atoms with Crippen LogP contribution in [0.15, 0.2) is 83.8 Å². The lowest BCUT2D eigenvalue weighted by atomic mass is 9.91. The van der Waals surface area contributed by atoms with E-state index in [-0.39, 0.29) is 10.8 Å². The van der Waals surface area contributed by atoms with Crippen LogP contribution in [-0.2, 0) is 10.0 Å². The standard InChI is InChI=1S/C22H23ClN2O3S/c1-25(2)16-22(17-8-12-19(23)13-9-17)18-10-14-20(15-11-18)28-24-29(26,27)21-6-4-3-5-7-21/h3-15,22,24H,16H2,1-2H3. The second-order valence-corrected chi connectivity index (χ2v) is 9.02. The Morgan fingerprint density at radius 1 is 0.897 bits per heavy atom. The van der Waals surface area contributed by atoms with Crippen LogP contribution < -0.4 is 9.72 Å². The lowest BCUT2D eigenvalue weighted by Gasteiger charge is -2.22. The van der Waals surface area contributed by atoms with E-state index in [0.717, 1.165) is 17.7 Å². The van der Waals surface area contributed by atoms with Gasteiger partial charge in [0.25, 0.3) is 10.0 Å². The number of hydrogen-bond donors (Lipinski definition) is 1. The second kappa shape index (κ2) is 9.41. The Bertz CT molecular complexity index is 1020. The molecule has 0 fully saturated rings. The highest BCUT2D eigenvalue weighted by Crippen LogP contribution is 2.28. The van der Waals surface area contributed by atoms with Crippen LogP contribution in [0.5, 0.6) is 5.75 Å². The molecular formula is C22H23ClN2O3S. The number of halogens is 1. The number of hydrogen-bond acceptors (Lipinski definition) is 4. The molecule has 0 aromatic heterocycles. The molecule has 1 atom stereocenters. The summed E-state index contributed by atoms with van der Waals surface area (Å²) in [5.41, 5.74) is 2.25. The molecule has 1 unspecified atom stereocenters. The minimum absolute atomic E-state index is 0.144. The molecule has 1 N–H and O–H groups in total. The monoisotopic (exact) mass is 430 g/mol. The highest BCUT2D eigenvalue weighted by Gasteiger charge is 2.17. The molecule has 5 nitrogen and oxygen atoms in total. The Hall–Kier alpha value is -2.38. The maximum Gasteiger partial charge on any atom is 0.271 e. The average Bonchev–Trinajstić information content (AvgIpc) is 2.72. The van der Waals surface area contributed by atoms with Crippen LogP contribution in [-0.4, -0.2) is 34.0 Å². The Kier molecular flexibility index (Phi) is 6.92. The van der Waals surface area contributed by atoms with Gasteiger partial charge in [0.1, 0.15) is 5.75 Å². The van der Waals surface area contributed by atoms with Gasteiger partial charge in [-0.05, 0) is 66.5 Å². The number of nitrogens with zero attached hydrogens (tertiary/aromatic N) is 1. The zero-order valence-corrected chi connectivity index (χ0v) is 17.8. The van der Waals surface area contributed by atoms with Crippen molar-refractivity contribution in [2.24, 2.45) is 0 Å². The summed E-state index contributed by atoms with van der Waals surface area (Å²) < 4.78 is 24.5. The van der Waals surface area contributed by atoms with Gasteiger partial charge in [-0.2, -0.15) is 0 Å². The summed E-state index contributed by atoms with van der Waals surface area (Å²) >= 11 is 6.02. The topological polar surface area (TPSA) is 58.6 Å². The van der Waals surface area contributed by atoms with E-state index in [0.29, 0.717) is 10.8 Å². The highest BCUT2D eigenvalue weighted by molar-refractivity contribution is 7.89. The normalized spacial score (nSPS) is 12.7. The molecule has 0 saturated heterocycles. The number of benzene rings is 3. The third-order valence-electron chi connectivity index (χ3n) is 4.43. The van der Waals surface area contributed by atoms with Crippen LogP contribution >= 0.6 is 11.6 Å². The molecule has 0 amide bonds. The zero-order chi connectivity index (χ0) is 20.9. The lowest BCUT2D eigenvalue weighted by Crippen LogP contribution is -2.27. The van der Waals surface area contributed by atoms with Crippen LogP contribution in [0.1, 0.15) is 17.0 Å². The molecule has 0 spiro atoms. The van der Waals surface area contributed by atoms with E-state index in [2.05, 4.69) is 9.79 Å². The molecule has 0 aliphatic carbocycles. The van der Waals surface area contributed by atoms with Gasteiger partial charge in [0.15, 0.2) is 0 Å². The first-order chi connectivity index (χ1) is 13.8. The zero-order valence-electron chi connectivity index (χ0n) is 16.2. The first-order valence-electron chi connectivity index (χ1n) is 9.09. The van der Waals surface area contributed by atoms with Gasteiger partial charge < -0.3 is 9.74 Å².